The molecule has 0 amide bonds. The number of nitrogens with two attached hydrogens (primary N) is 1. The molecule has 0 spiro atoms. The molecular formula is C16H35N3O. The molecule has 3 unspecified atom stereocenters. The number of likely N-dealkylation sites (N-methyl/N-ethyl adjacent to an activating group) is 2. The normalized spacial score (nSPS) is 29.4. The highest BCUT2D eigenvalue weighted by Crippen LogP contribution is 2.34. The lowest BCUT2D eigenvalue weighted by atomic mass is 9.81. The average molecular weight is 285 g/mol. The topological polar surface area (TPSA) is 41.7 Å². The molecule has 1 aliphatic rings. The van der Waals surface area contributed by atoms with Gasteiger partial charge in [-0.05, 0) is 46.3 Å². The molecule has 0 radical (unpaired) electrons. The highest BCUT2D eigenvalue weighted by Gasteiger charge is 2.42. The molecule has 0 aliphatic carbocycles. The molecule has 1 fully saturated rings. The van der Waals surface area contributed by atoms with E-state index in [-0.39, 0.29) is 5.54 Å². The van der Waals surface area contributed by atoms with Crippen LogP contribution in [-0.4, -0.2) is 67.8 Å². The average Bonchev–Trinajstić information content (AvgIpc) is 2.38. The van der Waals surface area contributed by atoms with E-state index in [9.17, 15) is 0 Å². The molecule has 0 aromatic heterocycles. The van der Waals surface area contributed by atoms with Crippen molar-refractivity contribution >= 4 is 0 Å². The van der Waals surface area contributed by atoms with Crippen LogP contribution in [0.5, 0.6) is 0 Å². The van der Waals surface area contributed by atoms with Crippen molar-refractivity contribution in [2.24, 2.45) is 11.7 Å². The van der Waals surface area contributed by atoms with Crippen molar-refractivity contribution in [2.75, 3.05) is 40.3 Å². The third-order valence-electron chi connectivity index (χ3n) is 4.72. The summed E-state index contributed by atoms with van der Waals surface area (Å²) in [5.41, 5.74) is 6.34. The van der Waals surface area contributed by atoms with E-state index in [1.165, 1.54) is 0 Å². The quantitative estimate of drug-likeness (QED) is 0.774. The van der Waals surface area contributed by atoms with Crippen LogP contribution >= 0.6 is 0 Å². The van der Waals surface area contributed by atoms with Gasteiger partial charge in [0.15, 0.2) is 0 Å². The van der Waals surface area contributed by atoms with Crippen LogP contribution in [0.15, 0.2) is 0 Å². The largest absolute Gasteiger partial charge is 0.378 e. The van der Waals surface area contributed by atoms with Gasteiger partial charge >= 0.3 is 0 Å². The van der Waals surface area contributed by atoms with Gasteiger partial charge in [-0.25, -0.2) is 0 Å². The maximum Gasteiger partial charge on any atom is 0.0616 e. The zero-order valence-corrected chi connectivity index (χ0v) is 14.4. The summed E-state index contributed by atoms with van der Waals surface area (Å²) in [7, 11) is 4.28. The minimum atomic E-state index is 0.108. The minimum absolute atomic E-state index is 0.108. The molecule has 4 nitrogen and oxygen atoms in total. The van der Waals surface area contributed by atoms with Crippen LogP contribution in [0.2, 0.25) is 0 Å². The fourth-order valence-corrected chi connectivity index (χ4v) is 3.67. The van der Waals surface area contributed by atoms with Crippen LogP contribution < -0.4 is 5.73 Å². The first-order chi connectivity index (χ1) is 9.36. The van der Waals surface area contributed by atoms with Crippen molar-refractivity contribution in [1.29, 1.82) is 0 Å². The Bertz CT molecular complexity index is 283. The van der Waals surface area contributed by atoms with Crippen molar-refractivity contribution in [3.05, 3.63) is 0 Å². The molecule has 0 aromatic carbocycles. The molecule has 1 saturated heterocycles. The fourth-order valence-electron chi connectivity index (χ4n) is 3.67. The highest BCUT2D eigenvalue weighted by atomic mass is 16.5. The Morgan fingerprint density at radius 2 is 1.95 bits per heavy atom. The van der Waals surface area contributed by atoms with E-state index >= 15 is 0 Å². The molecule has 1 rings (SSSR count). The third-order valence-corrected chi connectivity index (χ3v) is 4.72. The standard InChI is InChI=1S/C16H35N3O/c1-7-19(14(4)11-18(5)6)16(12-17)8-9-20-15(10-16)13(2)3/h13-15H,7-12,17H2,1-6H3. The van der Waals surface area contributed by atoms with E-state index in [1.807, 2.05) is 0 Å². The van der Waals surface area contributed by atoms with E-state index in [2.05, 4.69) is 51.6 Å². The Hall–Kier alpha value is -0.160. The van der Waals surface area contributed by atoms with Crippen molar-refractivity contribution in [2.45, 2.75) is 58.2 Å². The lowest BCUT2D eigenvalue weighted by Crippen LogP contribution is -2.62. The van der Waals surface area contributed by atoms with Gasteiger partial charge in [0.05, 0.1) is 6.10 Å². The van der Waals surface area contributed by atoms with E-state index in [0.29, 0.717) is 18.1 Å². The Morgan fingerprint density at radius 3 is 2.40 bits per heavy atom. The highest BCUT2D eigenvalue weighted by molar-refractivity contribution is 4.98. The molecule has 1 heterocycles. The summed E-state index contributed by atoms with van der Waals surface area (Å²) in [6.45, 7) is 12.8. The molecule has 120 valence electrons. The second-order valence-electron chi connectivity index (χ2n) is 6.93. The van der Waals surface area contributed by atoms with Crippen LogP contribution in [0.3, 0.4) is 0 Å². The molecule has 0 aromatic rings. The van der Waals surface area contributed by atoms with Crippen molar-refractivity contribution in [1.82, 2.24) is 9.80 Å². The summed E-state index contributed by atoms with van der Waals surface area (Å²) in [4.78, 5) is 4.88. The van der Waals surface area contributed by atoms with Crippen molar-refractivity contribution in [3.63, 3.8) is 0 Å². The molecule has 20 heavy (non-hydrogen) atoms. The van der Waals surface area contributed by atoms with Crippen LogP contribution in [0.1, 0.15) is 40.5 Å². The number of ether oxygens (including phenoxy) is 1. The number of hydrogen-bond acceptors (Lipinski definition) is 4. The summed E-state index contributed by atoms with van der Waals surface area (Å²) < 4.78 is 5.96. The molecule has 1 aliphatic heterocycles. The van der Waals surface area contributed by atoms with Crippen molar-refractivity contribution < 1.29 is 4.74 Å². The van der Waals surface area contributed by atoms with E-state index in [0.717, 1.165) is 39.1 Å². The predicted octanol–water partition coefficient (Wildman–Crippen LogP) is 1.79. The van der Waals surface area contributed by atoms with E-state index in [1.54, 1.807) is 0 Å². The monoisotopic (exact) mass is 285 g/mol. The smallest absolute Gasteiger partial charge is 0.0616 e. The summed E-state index contributed by atoms with van der Waals surface area (Å²) in [6.07, 6.45) is 2.46. The predicted molar refractivity (Wildman–Crippen MR) is 86.0 cm³/mol. The summed E-state index contributed by atoms with van der Waals surface area (Å²) in [5.74, 6) is 0.559. The maximum atomic E-state index is 6.23. The van der Waals surface area contributed by atoms with E-state index in [4.69, 9.17) is 10.5 Å². The van der Waals surface area contributed by atoms with Gasteiger partial charge in [0.1, 0.15) is 0 Å². The number of nitrogens with zero attached hydrogens (tertiary/aromatic N) is 2. The molecule has 0 bridgehead atoms. The molecule has 0 saturated carbocycles. The van der Waals surface area contributed by atoms with Gasteiger partial charge in [-0.2, -0.15) is 0 Å². The Morgan fingerprint density at radius 1 is 1.30 bits per heavy atom. The van der Waals surface area contributed by atoms with Crippen LogP contribution in [0.25, 0.3) is 0 Å². The molecule has 2 N–H and O–H groups in total. The number of hydrogen-bond donors (Lipinski definition) is 1. The van der Waals surface area contributed by atoms with Gasteiger partial charge in [-0.3, -0.25) is 4.90 Å². The Kier molecular flexibility index (Phi) is 6.92. The van der Waals surface area contributed by atoms with E-state index < -0.39 is 0 Å². The second-order valence-corrected chi connectivity index (χ2v) is 6.93. The zero-order chi connectivity index (χ0) is 15.3. The summed E-state index contributed by atoms with van der Waals surface area (Å²) >= 11 is 0. The lowest BCUT2D eigenvalue weighted by Gasteiger charge is -2.51. The summed E-state index contributed by atoms with van der Waals surface area (Å²) in [6, 6.07) is 0.518. The first kappa shape index (κ1) is 17.9. The summed E-state index contributed by atoms with van der Waals surface area (Å²) in [5, 5.41) is 0. The zero-order valence-electron chi connectivity index (χ0n) is 14.4. The van der Waals surface area contributed by atoms with Crippen molar-refractivity contribution in [3.8, 4) is 0 Å². The van der Waals surface area contributed by atoms with Gasteiger partial charge in [0.25, 0.3) is 0 Å². The van der Waals surface area contributed by atoms with Gasteiger partial charge in [0, 0.05) is 31.3 Å². The van der Waals surface area contributed by atoms with Crippen LogP contribution in [0.4, 0.5) is 0 Å². The number of rotatable bonds is 7. The SMILES string of the molecule is CCN(C(C)CN(C)C)C1(CN)CCOC(C(C)C)C1. The Labute approximate surface area is 125 Å². The Balaban J connectivity index is 2.88. The van der Waals surface area contributed by atoms with Gasteiger partial charge in [-0.1, -0.05) is 20.8 Å². The van der Waals surface area contributed by atoms with Gasteiger partial charge < -0.3 is 15.4 Å². The second kappa shape index (κ2) is 7.74. The third kappa shape index (κ3) is 4.17. The first-order valence-corrected chi connectivity index (χ1v) is 8.09. The molecule has 4 heteroatoms. The van der Waals surface area contributed by atoms with Crippen LogP contribution in [-0.2, 0) is 4.74 Å². The minimum Gasteiger partial charge on any atom is -0.378 e. The molecule has 3 atom stereocenters. The fraction of sp³-hybridized carbons (Fsp3) is 1.00. The van der Waals surface area contributed by atoms with Gasteiger partial charge in [0.2, 0.25) is 0 Å². The first-order valence-electron chi connectivity index (χ1n) is 8.09. The molecular weight excluding hydrogens is 250 g/mol. The van der Waals surface area contributed by atoms with Crippen LogP contribution in [0, 0.1) is 5.92 Å². The maximum absolute atomic E-state index is 6.23. The lowest BCUT2D eigenvalue weighted by molar-refractivity contribution is -0.0969. The van der Waals surface area contributed by atoms with Gasteiger partial charge in [-0.15, -0.1) is 0 Å².